The van der Waals surface area contributed by atoms with Gasteiger partial charge in [0.25, 0.3) is 10.0 Å². The highest BCUT2D eigenvalue weighted by Gasteiger charge is 2.23. The number of nitrogens with one attached hydrogen (secondary N) is 1. The Labute approximate surface area is 125 Å². The van der Waals surface area contributed by atoms with Gasteiger partial charge in [0.1, 0.15) is 15.7 Å². The van der Waals surface area contributed by atoms with Crippen LogP contribution in [0.15, 0.2) is 17.2 Å². The molecule has 0 radical (unpaired) electrons. The lowest BCUT2D eigenvalue weighted by Crippen LogP contribution is -2.13. The molecule has 0 atom stereocenters. The Kier molecular flexibility index (Phi) is 3.92. The molecule has 0 spiro atoms. The van der Waals surface area contributed by atoms with Gasteiger partial charge in [0.05, 0.1) is 13.3 Å². The van der Waals surface area contributed by atoms with E-state index in [4.69, 9.17) is 11.6 Å². The van der Waals surface area contributed by atoms with Gasteiger partial charge >= 0.3 is 5.97 Å². The number of halogens is 1. The van der Waals surface area contributed by atoms with E-state index < -0.39 is 16.0 Å². The number of sulfonamides is 1. The lowest BCUT2D eigenvalue weighted by Gasteiger charge is -2.03. The molecule has 0 fully saturated rings. The van der Waals surface area contributed by atoms with Crippen molar-refractivity contribution in [3.05, 3.63) is 23.1 Å². The van der Waals surface area contributed by atoms with Crippen molar-refractivity contribution in [1.29, 1.82) is 0 Å². The number of anilines is 1. The molecular weight excluding hydrogens is 322 g/mol. The van der Waals surface area contributed by atoms with Gasteiger partial charge in [-0.2, -0.15) is 10.2 Å². The number of methoxy groups -OCH3 is 1. The predicted molar refractivity (Wildman–Crippen MR) is 73.6 cm³/mol. The third-order valence-electron chi connectivity index (χ3n) is 2.64. The minimum Gasteiger partial charge on any atom is -0.464 e. The predicted octanol–water partition coefficient (Wildman–Crippen LogP) is 0.394. The second kappa shape index (κ2) is 5.37. The van der Waals surface area contributed by atoms with Crippen molar-refractivity contribution in [2.24, 2.45) is 14.1 Å². The van der Waals surface area contributed by atoms with E-state index in [1.807, 2.05) is 0 Å². The quantitative estimate of drug-likeness (QED) is 0.811. The van der Waals surface area contributed by atoms with Crippen molar-refractivity contribution in [3.63, 3.8) is 0 Å². The zero-order chi connectivity index (χ0) is 15.8. The summed E-state index contributed by atoms with van der Waals surface area (Å²) in [5.41, 5.74) is 0.104. The highest BCUT2D eigenvalue weighted by atomic mass is 35.5. The maximum Gasteiger partial charge on any atom is 0.356 e. The fourth-order valence-corrected chi connectivity index (χ4v) is 3.01. The Balaban J connectivity index is 2.34. The lowest BCUT2D eigenvalue weighted by molar-refractivity contribution is 0.0588. The second-order valence-corrected chi connectivity index (χ2v) is 6.07. The summed E-state index contributed by atoms with van der Waals surface area (Å²) < 4.78 is 33.6. The number of carbonyl (C=O) groups excluding carboxylic acids is 1. The number of aromatic nitrogens is 4. The van der Waals surface area contributed by atoms with Crippen LogP contribution in [0.25, 0.3) is 0 Å². The molecule has 2 heterocycles. The number of carbonyl (C=O) groups is 1. The molecule has 2 aromatic rings. The molecule has 0 aliphatic carbocycles. The molecule has 0 unspecified atom stereocenters. The molecule has 0 aliphatic heterocycles. The van der Waals surface area contributed by atoms with Crippen molar-refractivity contribution in [3.8, 4) is 0 Å². The van der Waals surface area contributed by atoms with Crippen LogP contribution in [0.2, 0.25) is 5.15 Å². The first kappa shape index (κ1) is 15.3. The van der Waals surface area contributed by atoms with Crippen LogP contribution < -0.4 is 4.72 Å². The van der Waals surface area contributed by atoms with Gasteiger partial charge in [-0.25, -0.2) is 13.2 Å². The van der Waals surface area contributed by atoms with Crippen LogP contribution in [0.1, 0.15) is 10.5 Å². The van der Waals surface area contributed by atoms with Crippen LogP contribution in [-0.2, 0) is 28.9 Å². The summed E-state index contributed by atoms with van der Waals surface area (Å²) in [6.45, 7) is 0. The highest BCUT2D eigenvalue weighted by Crippen LogP contribution is 2.22. The summed E-state index contributed by atoms with van der Waals surface area (Å²) in [6.07, 6.45) is 1.12. The van der Waals surface area contributed by atoms with Gasteiger partial charge in [-0.15, -0.1) is 0 Å². The van der Waals surface area contributed by atoms with Crippen molar-refractivity contribution >= 4 is 33.4 Å². The van der Waals surface area contributed by atoms with E-state index in [0.717, 1.165) is 6.20 Å². The molecule has 114 valence electrons. The number of aryl methyl sites for hydroxylation is 2. The Morgan fingerprint density at radius 1 is 1.38 bits per heavy atom. The third kappa shape index (κ3) is 2.85. The van der Waals surface area contributed by atoms with Crippen LogP contribution in [-0.4, -0.2) is 41.1 Å². The maximum absolute atomic E-state index is 12.2. The molecule has 0 saturated heterocycles. The van der Waals surface area contributed by atoms with Crippen molar-refractivity contribution in [2.75, 3.05) is 11.8 Å². The lowest BCUT2D eigenvalue weighted by atomic mass is 10.4. The van der Waals surface area contributed by atoms with Crippen molar-refractivity contribution in [2.45, 2.75) is 4.90 Å². The SMILES string of the molecule is COC(=O)c1cc(NS(=O)(=O)c2cnn(C)c2Cl)nn1C. The zero-order valence-electron chi connectivity index (χ0n) is 11.4. The molecule has 0 aliphatic rings. The van der Waals surface area contributed by atoms with Gasteiger partial charge in [-0.1, -0.05) is 11.6 Å². The average molecular weight is 334 g/mol. The summed E-state index contributed by atoms with van der Waals surface area (Å²) in [7, 11) is 0.263. The topological polar surface area (TPSA) is 108 Å². The molecule has 0 bridgehead atoms. The first-order chi connectivity index (χ1) is 9.76. The van der Waals surface area contributed by atoms with E-state index in [1.165, 1.54) is 36.6 Å². The van der Waals surface area contributed by atoms with Crippen LogP contribution >= 0.6 is 11.6 Å². The van der Waals surface area contributed by atoms with E-state index in [0.29, 0.717) is 0 Å². The van der Waals surface area contributed by atoms with Crippen LogP contribution in [0.3, 0.4) is 0 Å². The number of nitrogens with zero attached hydrogens (tertiary/aromatic N) is 4. The molecule has 11 heteroatoms. The summed E-state index contributed by atoms with van der Waals surface area (Å²) >= 11 is 5.85. The minimum absolute atomic E-state index is 0.0298. The Morgan fingerprint density at radius 3 is 2.57 bits per heavy atom. The van der Waals surface area contributed by atoms with Gasteiger partial charge in [-0.3, -0.25) is 14.1 Å². The normalized spacial score (nSPS) is 11.4. The van der Waals surface area contributed by atoms with E-state index in [1.54, 1.807) is 0 Å². The summed E-state index contributed by atoms with van der Waals surface area (Å²) in [6, 6.07) is 1.26. The third-order valence-corrected chi connectivity index (χ3v) is 4.55. The highest BCUT2D eigenvalue weighted by molar-refractivity contribution is 7.92. The average Bonchev–Trinajstić information content (AvgIpc) is 2.92. The van der Waals surface area contributed by atoms with Gasteiger partial charge in [0.2, 0.25) is 0 Å². The molecular formula is C10H12ClN5O4S. The van der Waals surface area contributed by atoms with Gasteiger partial charge in [0, 0.05) is 20.2 Å². The van der Waals surface area contributed by atoms with Crippen LogP contribution in [0.4, 0.5) is 5.82 Å². The largest absolute Gasteiger partial charge is 0.464 e. The van der Waals surface area contributed by atoms with Crippen molar-refractivity contribution in [1.82, 2.24) is 19.6 Å². The molecule has 0 amide bonds. The second-order valence-electron chi connectivity index (χ2n) is 4.06. The van der Waals surface area contributed by atoms with Gasteiger partial charge < -0.3 is 4.74 Å². The first-order valence-corrected chi connectivity index (χ1v) is 7.45. The number of esters is 1. The van der Waals surface area contributed by atoms with Crippen LogP contribution in [0, 0.1) is 0 Å². The van der Waals surface area contributed by atoms with Crippen molar-refractivity contribution < 1.29 is 17.9 Å². The number of ether oxygens (including phenoxy) is 1. The molecule has 2 rings (SSSR count). The molecule has 2 aromatic heterocycles. The van der Waals surface area contributed by atoms with E-state index in [2.05, 4.69) is 19.7 Å². The zero-order valence-corrected chi connectivity index (χ0v) is 12.9. The van der Waals surface area contributed by atoms with Gasteiger partial charge in [0.15, 0.2) is 5.82 Å². The summed E-state index contributed by atoms with van der Waals surface area (Å²) in [5, 5.41) is 7.60. The molecule has 21 heavy (non-hydrogen) atoms. The number of hydrogen-bond acceptors (Lipinski definition) is 6. The van der Waals surface area contributed by atoms with E-state index in [-0.39, 0.29) is 21.6 Å². The van der Waals surface area contributed by atoms with Crippen LogP contribution in [0.5, 0.6) is 0 Å². The molecule has 0 aromatic carbocycles. The molecule has 0 saturated carbocycles. The number of rotatable bonds is 4. The van der Waals surface area contributed by atoms with E-state index in [9.17, 15) is 13.2 Å². The molecule has 9 nitrogen and oxygen atoms in total. The Bertz CT molecular complexity index is 794. The fraction of sp³-hybridized carbons (Fsp3) is 0.300. The first-order valence-electron chi connectivity index (χ1n) is 5.59. The standard InChI is InChI=1S/C10H12ClN5O4S/c1-15-6(10(17)20-3)4-8(13-15)14-21(18,19)7-5-12-16(2)9(7)11/h4-5H,1-3H3,(H,13,14). The fourth-order valence-electron chi connectivity index (χ4n) is 1.59. The maximum atomic E-state index is 12.2. The monoisotopic (exact) mass is 333 g/mol. The minimum atomic E-state index is -3.95. The van der Waals surface area contributed by atoms with E-state index >= 15 is 0 Å². The Morgan fingerprint density at radius 2 is 2.05 bits per heavy atom. The summed E-state index contributed by atoms with van der Waals surface area (Å²) in [4.78, 5) is 11.3. The Hall–Kier alpha value is -2.07. The smallest absolute Gasteiger partial charge is 0.356 e. The number of hydrogen-bond donors (Lipinski definition) is 1. The summed E-state index contributed by atoms with van der Waals surface area (Å²) in [5.74, 6) is -0.660. The molecule has 1 N–H and O–H groups in total. The van der Waals surface area contributed by atoms with Gasteiger partial charge in [-0.05, 0) is 0 Å².